The predicted octanol–water partition coefficient (Wildman–Crippen LogP) is 1.90. The van der Waals surface area contributed by atoms with E-state index in [1.165, 1.54) is 0 Å². The van der Waals surface area contributed by atoms with Crippen LogP contribution in [0.3, 0.4) is 0 Å². The van der Waals surface area contributed by atoms with E-state index < -0.39 is 53.3 Å². The van der Waals surface area contributed by atoms with Crippen molar-refractivity contribution in [2.24, 2.45) is 0 Å². The number of nitrogens with zero attached hydrogens (tertiary/aromatic N) is 2. The van der Waals surface area contributed by atoms with Crippen LogP contribution in [0.5, 0.6) is 6.01 Å². The summed E-state index contributed by atoms with van der Waals surface area (Å²) in [6.07, 6.45) is 2.05. The first-order valence-electron chi connectivity index (χ1n) is 8.01. The molecule has 0 spiro atoms. The zero-order chi connectivity index (χ0) is 21.1. The van der Waals surface area contributed by atoms with Crippen LogP contribution in [0.15, 0.2) is 24.5 Å². The Hall–Kier alpha value is -3.15. The first-order chi connectivity index (χ1) is 13.8. The summed E-state index contributed by atoms with van der Waals surface area (Å²) >= 11 is 5.62. The number of aromatic nitrogens is 2. The van der Waals surface area contributed by atoms with Gasteiger partial charge >= 0.3 is 18.7 Å². The Balaban J connectivity index is 1.94. The van der Waals surface area contributed by atoms with Crippen LogP contribution in [-0.2, 0) is 4.79 Å². The van der Waals surface area contributed by atoms with Crippen LogP contribution in [0.25, 0.3) is 0 Å². The number of amides is 3. The topological polar surface area (TPSA) is 105 Å². The van der Waals surface area contributed by atoms with Gasteiger partial charge in [0.05, 0.1) is 6.04 Å². The van der Waals surface area contributed by atoms with Crippen LogP contribution in [-0.4, -0.2) is 41.1 Å². The summed E-state index contributed by atoms with van der Waals surface area (Å²) in [7, 11) is 0. The summed E-state index contributed by atoms with van der Waals surface area (Å²) < 4.78 is 56.7. The molecule has 8 nitrogen and oxygen atoms in total. The maximum absolute atomic E-state index is 14.6. The molecular weight excluding hydrogens is 422 g/mol. The van der Waals surface area contributed by atoms with Gasteiger partial charge in [-0.3, -0.25) is 4.79 Å². The second-order valence-corrected chi connectivity index (χ2v) is 6.17. The number of nitrogens with one attached hydrogen (secondary N) is 3. The standard InChI is InChI=1S/C16H12ClF4N5O3/c17-10-8(18)2-1-7(11(10)19)12(26-13(27)9-5-22-15(28)25-9)6-3-23-16(24-4-6)29-14(20)21/h1-4,9,12,14H,5H2,(H,26,27)(H2,22,25,28)/t9?,12-/m1/s1. The molecule has 0 bridgehead atoms. The average Bonchev–Trinajstić information content (AvgIpc) is 3.11. The van der Waals surface area contributed by atoms with E-state index in [1.807, 2.05) is 0 Å². The molecule has 13 heteroatoms. The van der Waals surface area contributed by atoms with Gasteiger partial charge in [-0.1, -0.05) is 17.7 Å². The molecular formula is C16H12ClF4N5O3. The fraction of sp³-hybridized carbons (Fsp3) is 0.250. The maximum Gasteiger partial charge on any atom is 0.389 e. The van der Waals surface area contributed by atoms with Gasteiger partial charge in [0.2, 0.25) is 5.91 Å². The normalized spacial score (nSPS) is 16.9. The van der Waals surface area contributed by atoms with Crippen molar-refractivity contribution in [3.05, 3.63) is 52.3 Å². The molecule has 1 aliphatic rings. The maximum atomic E-state index is 14.6. The highest BCUT2D eigenvalue weighted by molar-refractivity contribution is 6.31. The monoisotopic (exact) mass is 433 g/mol. The van der Waals surface area contributed by atoms with Crippen molar-refractivity contribution in [3.8, 4) is 6.01 Å². The van der Waals surface area contributed by atoms with E-state index in [2.05, 4.69) is 30.7 Å². The summed E-state index contributed by atoms with van der Waals surface area (Å²) in [5.41, 5.74) is -0.160. The second kappa shape index (κ2) is 8.47. The fourth-order valence-corrected chi connectivity index (χ4v) is 2.75. The van der Waals surface area contributed by atoms with E-state index in [0.29, 0.717) is 0 Å². The van der Waals surface area contributed by atoms with Crippen LogP contribution in [0, 0.1) is 11.6 Å². The Kier molecular flexibility index (Phi) is 6.01. The van der Waals surface area contributed by atoms with Crippen LogP contribution < -0.4 is 20.7 Å². The zero-order valence-electron chi connectivity index (χ0n) is 14.3. The van der Waals surface area contributed by atoms with Gasteiger partial charge in [-0.25, -0.2) is 23.5 Å². The SMILES string of the molecule is O=C1NCC(C(=O)N[C@H](c2cnc(OC(F)F)nc2)c2ccc(F)c(Cl)c2F)N1. The lowest BCUT2D eigenvalue weighted by Crippen LogP contribution is -2.44. The molecule has 154 valence electrons. The molecule has 1 fully saturated rings. The molecule has 3 amide bonds. The molecule has 29 heavy (non-hydrogen) atoms. The van der Waals surface area contributed by atoms with Crippen LogP contribution in [0.4, 0.5) is 22.4 Å². The van der Waals surface area contributed by atoms with E-state index in [9.17, 15) is 27.2 Å². The van der Waals surface area contributed by atoms with Crippen molar-refractivity contribution in [2.45, 2.75) is 18.7 Å². The van der Waals surface area contributed by atoms with Gasteiger partial charge in [0.1, 0.15) is 22.7 Å². The average molecular weight is 434 g/mol. The summed E-state index contributed by atoms with van der Waals surface area (Å²) in [5.74, 6) is -2.85. The van der Waals surface area contributed by atoms with Crippen molar-refractivity contribution in [1.82, 2.24) is 25.9 Å². The van der Waals surface area contributed by atoms with Crippen LogP contribution in [0.2, 0.25) is 5.02 Å². The number of ether oxygens (including phenoxy) is 1. The van der Waals surface area contributed by atoms with Gasteiger partial charge in [-0.15, -0.1) is 0 Å². The van der Waals surface area contributed by atoms with Crippen molar-refractivity contribution in [1.29, 1.82) is 0 Å². The quantitative estimate of drug-likeness (QED) is 0.476. The summed E-state index contributed by atoms with van der Waals surface area (Å²) in [5, 5.41) is 6.42. The number of carbonyl (C=O) groups is 2. The minimum absolute atomic E-state index is 0.0122. The minimum Gasteiger partial charge on any atom is -0.401 e. The van der Waals surface area contributed by atoms with Crippen molar-refractivity contribution >= 4 is 23.5 Å². The summed E-state index contributed by atoms with van der Waals surface area (Å²) in [4.78, 5) is 30.8. The van der Waals surface area contributed by atoms with Gasteiger partial charge in [0.25, 0.3) is 0 Å². The number of carbonyl (C=O) groups excluding carboxylic acids is 2. The Morgan fingerprint density at radius 1 is 1.28 bits per heavy atom. The van der Waals surface area contributed by atoms with E-state index in [0.717, 1.165) is 24.5 Å². The third-order valence-corrected chi connectivity index (χ3v) is 4.27. The molecule has 2 atom stereocenters. The Bertz CT molecular complexity index is 932. The number of halogens is 5. The zero-order valence-corrected chi connectivity index (χ0v) is 15.0. The van der Waals surface area contributed by atoms with Gasteiger partial charge < -0.3 is 20.7 Å². The van der Waals surface area contributed by atoms with Gasteiger partial charge in [-0.05, 0) is 6.07 Å². The number of urea groups is 1. The third kappa shape index (κ3) is 4.65. The van der Waals surface area contributed by atoms with E-state index >= 15 is 0 Å². The van der Waals surface area contributed by atoms with E-state index in [4.69, 9.17) is 11.6 Å². The van der Waals surface area contributed by atoms with Gasteiger partial charge in [-0.2, -0.15) is 8.78 Å². The molecule has 1 unspecified atom stereocenters. The van der Waals surface area contributed by atoms with Crippen LogP contribution in [0.1, 0.15) is 17.2 Å². The molecule has 1 saturated heterocycles. The van der Waals surface area contributed by atoms with Gasteiger partial charge in [0, 0.05) is 30.1 Å². The van der Waals surface area contributed by atoms with Gasteiger partial charge in [0.15, 0.2) is 0 Å². The molecule has 1 aromatic carbocycles. The smallest absolute Gasteiger partial charge is 0.389 e. The second-order valence-electron chi connectivity index (χ2n) is 5.79. The van der Waals surface area contributed by atoms with Crippen LogP contribution >= 0.6 is 11.6 Å². The molecule has 3 rings (SSSR count). The largest absolute Gasteiger partial charge is 0.401 e. The Morgan fingerprint density at radius 2 is 1.97 bits per heavy atom. The molecule has 1 aliphatic heterocycles. The summed E-state index contributed by atoms with van der Waals surface area (Å²) in [6.45, 7) is -3.16. The molecule has 3 N–H and O–H groups in total. The van der Waals surface area contributed by atoms with E-state index in [1.54, 1.807) is 0 Å². The van der Waals surface area contributed by atoms with Crippen molar-refractivity contribution in [3.63, 3.8) is 0 Å². The first kappa shape index (κ1) is 20.6. The number of rotatable bonds is 6. The van der Waals surface area contributed by atoms with E-state index in [-0.39, 0.29) is 17.7 Å². The number of benzene rings is 1. The highest BCUT2D eigenvalue weighted by Gasteiger charge is 2.31. The molecule has 0 aliphatic carbocycles. The fourth-order valence-electron chi connectivity index (χ4n) is 2.58. The molecule has 2 heterocycles. The lowest BCUT2D eigenvalue weighted by Gasteiger charge is -2.22. The van der Waals surface area contributed by atoms with Crippen molar-refractivity contribution in [2.75, 3.05) is 6.54 Å². The molecule has 2 aromatic rings. The first-order valence-corrected chi connectivity index (χ1v) is 8.39. The van der Waals surface area contributed by atoms with Crippen molar-refractivity contribution < 1.29 is 31.9 Å². The highest BCUT2D eigenvalue weighted by atomic mass is 35.5. The lowest BCUT2D eigenvalue weighted by atomic mass is 10.00. The number of alkyl halides is 2. The minimum atomic E-state index is -3.15. The molecule has 0 saturated carbocycles. The predicted molar refractivity (Wildman–Crippen MR) is 90.3 cm³/mol. The highest BCUT2D eigenvalue weighted by Crippen LogP contribution is 2.30. The number of hydrogen-bond donors (Lipinski definition) is 3. The number of hydrogen-bond acceptors (Lipinski definition) is 5. The lowest BCUT2D eigenvalue weighted by molar-refractivity contribution is -0.122. The Morgan fingerprint density at radius 3 is 2.55 bits per heavy atom. The molecule has 0 radical (unpaired) electrons. The third-order valence-electron chi connectivity index (χ3n) is 3.93. The Labute approximate surface area is 165 Å². The molecule has 1 aromatic heterocycles. The summed E-state index contributed by atoms with van der Waals surface area (Å²) in [6, 6.07) is -1.47.